The van der Waals surface area contributed by atoms with Crippen molar-refractivity contribution >= 4 is 0 Å². The molecule has 0 aliphatic carbocycles. The smallest absolute Gasteiger partial charge is 0.221 e. The Morgan fingerprint density at radius 1 is 1.12 bits per heavy atom. The molecule has 0 aliphatic rings. The molecule has 3 aromatic rings. The zero-order chi connectivity index (χ0) is 17.8. The zero-order valence-corrected chi connectivity index (χ0v) is 14.7. The minimum absolute atomic E-state index is 0.164. The Morgan fingerprint density at radius 2 is 1.96 bits per heavy atom. The normalized spacial score (nSPS) is 10.9. The van der Waals surface area contributed by atoms with Crippen LogP contribution in [0.2, 0.25) is 0 Å². The number of benzene rings is 1. The largest absolute Gasteiger partial charge is 0.478 e. The van der Waals surface area contributed by atoms with Crippen LogP contribution in [-0.2, 0) is 13.2 Å². The molecular formula is C19H22N4O2. The molecule has 6 nitrogen and oxygen atoms in total. The number of aliphatic hydroxyl groups is 1. The van der Waals surface area contributed by atoms with Gasteiger partial charge in [-0.15, -0.1) is 0 Å². The molecule has 0 atom stereocenters. The molecule has 6 heteroatoms. The maximum Gasteiger partial charge on any atom is 0.221 e. The fourth-order valence-corrected chi connectivity index (χ4v) is 2.62. The Labute approximate surface area is 147 Å². The number of ether oxygens (including phenoxy) is 1. The lowest BCUT2D eigenvalue weighted by atomic mass is 10.0. The van der Waals surface area contributed by atoms with Crippen LogP contribution in [0.25, 0.3) is 11.1 Å². The van der Waals surface area contributed by atoms with Crippen molar-refractivity contribution in [1.82, 2.24) is 19.7 Å². The van der Waals surface area contributed by atoms with Crippen LogP contribution in [-0.4, -0.2) is 31.5 Å². The van der Waals surface area contributed by atoms with Crippen LogP contribution < -0.4 is 4.74 Å². The third-order valence-electron chi connectivity index (χ3n) is 4.08. The summed E-state index contributed by atoms with van der Waals surface area (Å²) in [5.74, 6) is 1.04. The second kappa shape index (κ2) is 7.44. The summed E-state index contributed by atoms with van der Waals surface area (Å²) in [6.45, 7) is 7.08. The third-order valence-corrected chi connectivity index (χ3v) is 4.08. The van der Waals surface area contributed by atoms with Gasteiger partial charge in [0.25, 0.3) is 0 Å². The summed E-state index contributed by atoms with van der Waals surface area (Å²) in [6, 6.07) is 8.42. The number of aliphatic hydroxyl groups excluding tert-OH is 1. The van der Waals surface area contributed by atoms with Crippen molar-refractivity contribution in [1.29, 1.82) is 0 Å². The Hall–Kier alpha value is -2.73. The van der Waals surface area contributed by atoms with Gasteiger partial charge in [-0.2, -0.15) is 5.10 Å². The van der Waals surface area contributed by atoms with Gasteiger partial charge in [-0.3, -0.25) is 0 Å². The summed E-state index contributed by atoms with van der Waals surface area (Å²) in [4.78, 5) is 8.52. The summed E-state index contributed by atoms with van der Waals surface area (Å²) in [5.41, 5.74) is 5.52. The predicted molar refractivity (Wildman–Crippen MR) is 95.4 cm³/mol. The van der Waals surface area contributed by atoms with Crippen molar-refractivity contribution in [2.75, 3.05) is 6.61 Å². The number of hydrogen-bond donors (Lipinski definition) is 1. The van der Waals surface area contributed by atoms with Gasteiger partial charge >= 0.3 is 0 Å². The lowest BCUT2D eigenvalue weighted by Gasteiger charge is -2.12. The minimum Gasteiger partial charge on any atom is -0.478 e. The monoisotopic (exact) mass is 338 g/mol. The zero-order valence-electron chi connectivity index (χ0n) is 14.7. The molecule has 0 saturated carbocycles. The maximum absolute atomic E-state index is 9.09. The van der Waals surface area contributed by atoms with Gasteiger partial charge in [-0.05, 0) is 49.1 Å². The van der Waals surface area contributed by atoms with Gasteiger partial charge in [0.1, 0.15) is 12.9 Å². The molecule has 2 aromatic heterocycles. The molecule has 3 rings (SSSR count). The molecule has 1 N–H and O–H groups in total. The summed E-state index contributed by atoms with van der Waals surface area (Å²) >= 11 is 0. The van der Waals surface area contributed by atoms with Crippen molar-refractivity contribution in [3.05, 3.63) is 59.3 Å². The summed E-state index contributed by atoms with van der Waals surface area (Å²) in [6.07, 6.45) is 3.40. The molecule has 25 heavy (non-hydrogen) atoms. The van der Waals surface area contributed by atoms with Gasteiger partial charge in [-0.1, -0.05) is 18.2 Å². The molecule has 2 heterocycles. The first-order valence-electron chi connectivity index (χ1n) is 8.29. The molecule has 0 amide bonds. The fourth-order valence-electron chi connectivity index (χ4n) is 2.62. The topological polar surface area (TPSA) is 73.1 Å². The lowest BCUT2D eigenvalue weighted by Crippen LogP contribution is -2.04. The van der Waals surface area contributed by atoms with E-state index < -0.39 is 0 Å². The second-order valence-corrected chi connectivity index (χ2v) is 5.94. The molecule has 1 aromatic carbocycles. The standard InChI is InChI=1S/C19H22N4O2/c1-4-25-19-17(16-6-5-13(2)14(3)7-16)8-15(9-20-19)10-23-12-21-18(11-24)22-23/h5-9,12,24H,4,10-11H2,1-3H3. The van der Waals surface area contributed by atoms with Crippen molar-refractivity contribution in [2.24, 2.45) is 0 Å². The minimum atomic E-state index is -0.164. The highest BCUT2D eigenvalue weighted by atomic mass is 16.5. The van der Waals surface area contributed by atoms with Crippen LogP contribution in [0.5, 0.6) is 5.88 Å². The van der Waals surface area contributed by atoms with E-state index >= 15 is 0 Å². The fraction of sp³-hybridized carbons (Fsp3) is 0.316. The predicted octanol–water partition coefficient (Wildman–Crippen LogP) is 2.90. The molecule has 130 valence electrons. The van der Waals surface area contributed by atoms with E-state index in [4.69, 9.17) is 9.84 Å². The van der Waals surface area contributed by atoms with Gasteiger partial charge in [0.15, 0.2) is 5.82 Å². The highest BCUT2D eigenvalue weighted by Gasteiger charge is 2.11. The molecule has 0 spiro atoms. The summed E-state index contributed by atoms with van der Waals surface area (Å²) in [5, 5.41) is 13.3. The van der Waals surface area contributed by atoms with Crippen molar-refractivity contribution in [3.8, 4) is 17.0 Å². The van der Waals surface area contributed by atoms with Crippen LogP contribution in [0, 0.1) is 13.8 Å². The maximum atomic E-state index is 9.09. The number of hydrogen-bond acceptors (Lipinski definition) is 5. The Balaban J connectivity index is 1.97. The molecule has 0 unspecified atom stereocenters. The number of pyridine rings is 1. The first kappa shape index (κ1) is 17.1. The van der Waals surface area contributed by atoms with E-state index in [1.165, 1.54) is 11.1 Å². The number of aryl methyl sites for hydroxylation is 2. The van der Waals surface area contributed by atoms with Gasteiger partial charge in [0, 0.05) is 11.8 Å². The van der Waals surface area contributed by atoms with Crippen molar-refractivity contribution < 1.29 is 9.84 Å². The first-order chi connectivity index (χ1) is 12.1. The van der Waals surface area contributed by atoms with Crippen LogP contribution in [0.15, 0.2) is 36.8 Å². The SMILES string of the molecule is CCOc1ncc(Cn2cnc(CO)n2)cc1-c1ccc(C)c(C)c1. The van der Waals surface area contributed by atoms with Gasteiger partial charge in [-0.25, -0.2) is 14.6 Å². The van der Waals surface area contributed by atoms with E-state index in [9.17, 15) is 0 Å². The van der Waals surface area contributed by atoms with Crippen molar-refractivity contribution in [2.45, 2.75) is 33.9 Å². The van der Waals surface area contributed by atoms with E-state index in [0.717, 1.165) is 16.7 Å². The number of aromatic nitrogens is 4. The Kier molecular flexibility index (Phi) is 5.09. The summed E-state index contributed by atoms with van der Waals surface area (Å²) in [7, 11) is 0. The average molecular weight is 338 g/mol. The molecule has 0 radical (unpaired) electrons. The van der Waals surface area contributed by atoms with Crippen LogP contribution >= 0.6 is 0 Å². The van der Waals surface area contributed by atoms with Crippen LogP contribution in [0.3, 0.4) is 0 Å². The van der Waals surface area contributed by atoms with E-state index in [1.54, 1.807) is 17.2 Å². The number of rotatable bonds is 6. The first-order valence-corrected chi connectivity index (χ1v) is 8.29. The van der Waals surface area contributed by atoms with E-state index in [0.29, 0.717) is 24.9 Å². The Bertz CT molecular complexity index is 874. The molecule has 0 fully saturated rings. The quantitative estimate of drug-likeness (QED) is 0.748. The van der Waals surface area contributed by atoms with Crippen LogP contribution in [0.1, 0.15) is 29.4 Å². The lowest BCUT2D eigenvalue weighted by molar-refractivity contribution is 0.271. The van der Waals surface area contributed by atoms with Crippen molar-refractivity contribution in [3.63, 3.8) is 0 Å². The molecule has 0 aliphatic heterocycles. The highest BCUT2D eigenvalue weighted by molar-refractivity contribution is 5.70. The highest BCUT2D eigenvalue weighted by Crippen LogP contribution is 2.30. The third kappa shape index (κ3) is 3.85. The van der Waals surface area contributed by atoms with E-state index in [1.807, 2.05) is 6.92 Å². The van der Waals surface area contributed by atoms with E-state index in [-0.39, 0.29) is 6.61 Å². The molecular weight excluding hydrogens is 316 g/mol. The average Bonchev–Trinajstić information content (AvgIpc) is 3.06. The molecule has 0 saturated heterocycles. The molecule has 0 bridgehead atoms. The number of nitrogens with zero attached hydrogens (tertiary/aromatic N) is 4. The second-order valence-electron chi connectivity index (χ2n) is 5.94. The Morgan fingerprint density at radius 3 is 2.64 bits per heavy atom. The summed E-state index contributed by atoms with van der Waals surface area (Å²) < 4.78 is 7.40. The van der Waals surface area contributed by atoms with Gasteiger partial charge in [0.2, 0.25) is 5.88 Å². The van der Waals surface area contributed by atoms with Gasteiger partial charge in [0.05, 0.1) is 13.2 Å². The van der Waals surface area contributed by atoms with E-state index in [2.05, 4.69) is 53.2 Å². The van der Waals surface area contributed by atoms with Gasteiger partial charge < -0.3 is 9.84 Å². The van der Waals surface area contributed by atoms with Crippen LogP contribution in [0.4, 0.5) is 0 Å².